The van der Waals surface area contributed by atoms with E-state index in [4.69, 9.17) is 14.0 Å². The maximum Gasteiger partial charge on any atom is 0.241 e. The topological polar surface area (TPSA) is 76.8 Å². The smallest absolute Gasteiger partial charge is 0.241 e. The van der Waals surface area contributed by atoms with Crippen LogP contribution in [0, 0.1) is 6.92 Å². The average molecular weight is 399 g/mol. The predicted molar refractivity (Wildman–Crippen MR) is 103 cm³/mol. The maximum atomic E-state index is 5.47. The van der Waals surface area contributed by atoms with Crippen LogP contribution >= 0.6 is 11.3 Å². The van der Waals surface area contributed by atoms with Crippen molar-refractivity contribution in [1.82, 2.24) is 24.9 Å². The van der Waals surface area contributed by atoms with Gasteiger partial charge in [0.1, 0.15) is 0 Å². The minimum Gasteiger partial charge on any atom is -0.454 e. The van der Waals surface area contributed by atoms with E-state index in [1.54, 1.807) is 11.3 Å². The van der Waals surface area contributed by atoms with Gasteiger partial charge in [0.2, 0.25) is 18.5 Å². The van der Waals surface area contributed by atoms with Crippen LogP contribution < -0.4 is 9.47 Å². The summed E-state index contributed by atoms with van der Waals surface area (Å²) >= 11 is 1.71. The maximum absolute atomic E-state index is 5.47. The molecule has 2 aromatic heterocycles. The minimum atomic E-state index is 0.254. The van der Waals surface area contributed by atoms with Gasteiger partial charge in [0.05, 0.1) is 17.2 Å². The van der Waals surface area contributed by atoms with E-state index in [-0.39, 0.29) is 6.79 Å². The highest BCUT2D eigenvalue weighted by atomic mass is 32.1. The lowest BCUT2D eigenvalue weighted by molar-refractivity contribution is 0.111. The third-order valence-corrected chi connectivity index (χ3v) is 5.80. The normalized spacial score (nSPS) is 17.3. The van der Waals surface area contributed by atoms with Crippen LogP contribution in [0.2, 0.25) is 0 Å². The van der Waals surface area contributed by atoms with Crippen LogP contribution in [0.5, 0.6) is 11.5 Å². The van der Waals surface area contributed by atoms with Crippen LogP contribution in [0.25, 0.3) is 11.4 Å². The second-order valence-corrected chi connectivity index (χ2v) is 8.05. The molecule has 0 bridgehead atoms. The number of aromatic nitrogens is 3. The van der Waals surface area contributed by atoms with Crippen molar-refractivity contribution in [3.05, 3.63) is 40.2 Å². The molecule has 5 rings (SSSR count). The van der Waals surface area contributed by atoms with Crippen molar-refractivity contribution < 1.29 is 14.0 Å². The van der Waals surface area contributed by atoms with E-state index in [0.29, 0.717) is 18.3 Å². The van der Waals surface area contributed by atoms with Gasteiger partial charge in [0, 0.05) is 43.7 Å². The summed E-state index contributed by atoms with van der Waals surface area (Å²) in [6.45, 7) is 7.88. The lowest BCUT2D eigenvalue weighted by atomic mass is 10.2. The molecule has 0 atom stereocenters. The molecule has 0 saturated carbocycles. The second kappa shape index (κ2) is 7.50. The number of rotatable bonds is 5. The molecule has 0 aliphatic carbocycles. The van der Waals surface area contributed by atoms with Gasteiger partial charge < -0.3 is 14.0 Å². The van der Waals surface area contributed by atoms with Crippen LogP contribution in [-0.4, -0.2) is 57.9 Å². The third kappa shape index (κ3) is 3.73. The Balaban J connectivity index is 1.17. The van der Waals surface area contributed by atoms with E-state index in [0.717, 1.165) is 54.8 Å². The highest BCUT2D eigenvalue weighted by Crippen LogP contribution is 2.35. The first-order valence-electron chi connectivity index (χ1n) is 9.31. The summed E-state index contributed by atoms with van der Waals surface area (Å²) in [5.74, 6) is 2.68. The molecule has 28 heavy (non-hydrogen) atoms. The molecular formula is C19H21N5O3S. The van der Waals surface area contributed by atoms with E-state index in [2.05, 4.69) is 30.3 Å². The van der Waals surface area contributed by atoms with Crippen LogP contribution in [0.15, 0.2) is 28.1 Å². The molecule has 1 fully saturated rings. The molecule has 8 nitrogen and oxygen atoms in total. The standard InChI is InChI=1S/C19H21N5O3S/c1-13-20-15(11-28-13)9-23-4-6-24(7-5-23)10-18-21-19(22-27-18)14-2-3-16-17(8-14)26-12-25-16/h2-3,8,11H,4-7,9-10,12H2,1H3. The molecule has 146 valence electrons. The monoisotopic (exact) mass is 399 g/mol. The van der Waals surface area contributed by atoms with Gasteiger partial charge >= 0.3 is 0 Å². The van der Waals surface area contributed by atoms with Gasteiger partial charge in [0.25, 0.3) is 0 Å². The molecular weight excluding hydrogens is 378 g/mol. The van der Waals surface area contributed by atoms with E-state index in [1.807, 2.05) is 25.1 Å². The molecule has 0 spiro atoms. The molecule has 3 aromatic rings. The van der Waals surface area contributed by atoms with Gasteiger partial charge in [0.15, 0.2) is 11.5 Å². The Morgan fingerprint density at radius 2 is 1.79 bits per heavy atom. The Morgan fingerprint density at radius 1 is 1.00 bits per heavy atom. The molecule has 0 N–H and O–H groups in total. The summed E-state index contributed by atoms with van der Waals surface area (Å²) in [6, 6.07) is 5.67. The van der Waals surface area contributed by atoms with E-state index < -0.39 is 0 Å². The number of ether oxygens (including phenoxy) is 2. The number of nitrogens with zero attached hydrogens (tertiary/aromatic N) is 5. The number of thiazole rings is 1. The molecule has 0 radical (unpaired) electrons. The molecule has 4 heterocycles. The number of aryl methyl sites for hydroxylation is 1. The van der Waals surface area contributed by atoms with Gasteiger partial charge in [-0.2, -0.15) is 4.98 Å². The highest BCUT2D eigenvalue weighted by Gasteiger charge is 2.21. The lowest BCUT2D eigenvalue weighted by Gasteiger charge is -2.33. The van der Waals surface area contributed by atoms with Gasteiger partial charge in [-0.15, -0.1) is 11.3 Å². The van der Waals surface area contributed by atoms with Crippen molar-refractivity contribution in [3.8, 4) is 22.9 Å². The van der Waals surface area contributed by atoms with Gasteiger partial charge in [-0.1, -0.05) is 5.16 Å². The van der Waals surface area contributed by atoms with Crippen molar-refractivity contribution in [1.29, 1.82) is 0 Å². The second-order valence-electron chi connectivity index (χ2n) is 6.99. The summed E-state index contributed by atoms with van der Waals surface area (Å²) in [4.78, 5) is 13.9. The molecule has 0 unspecified atom stereocenters. The fourth-order valence-corrected chi connectivity index (χ4v) is 4.08. The summed E-state index contributed by atoms with van der Waals surface area (Å²) in [6.07, 6.45) is 0. The van der Waals surface area contributed by atoms with Crippen molar-refractivity contribution in [2.45, 2.75) is 20.0 Å². The fourth-order valence-electron chi connectivity index (χ4n) is 3.48. The lowest BCUT2D eigenvalue weighted by Crippen LogP contribution is -2.45. The zero-order valence-corrected chi connectivity index (χ0v) is 16.4. The number of benzene rings is 1. The van der Waals surface area contributed by atoms with Gasteiger partial charge in [-0.3, -0.25) is 9.80 Å². The molecule has 2 aliphatic rings. The summed E-state index contributed by atoms with van der Waals surface area (Å²) in [5.41, 5.74) is 2.03. The molecule has 9 heteroatoms. The highest BCUT2D eigenvalue weighted by molar-refractivity contribution is 7.09. The molecule has 2 aliphatic heterocycles. The average Bonchev–Trinajstić information content (AvgIpc) is 3.44. The Morgan fingerprint density at radius 3 is 2.57 bits per heavy atom. The summed E-state index contributed by atoms with van der Waals surface area (Å²) < 4.78 is 16.2. The summed E-state index contributed by atoms with van der Waals surface area (Å²) in [5, 5.41) is 7.40. The Labute approximate surface area is 166 Å². The SMILES string of the molecule is Cc1nc(CN2CCN(Cc3nc(-c4ccc5c(c4)OCO5)no3)CC2)cs1. The van der Waals surface area contributed by atoms with Crippen LogP contribution in [0.4, 0.5) is 0 Å². The summed E-state index contributed by atoms with van der Waals surface area (Å²) in [7, 11) is 0. The van der Waals surface area contributed by atoms with Crippen LogP contribution in [0.1, 0.15) is 16.6 Å². The van der Waals surface area contributed by atoms with Gasteiger partial charge in [-0.05, 0) is 25.1 Å². The van der Waals surface area contributed by atoms with Gasteiger partial charge in [-0.25, -0.2) is 4.98 Å². The number of hydrogen-bond donors (Lipinski definition) is 0. The first kappa shape index (κ1) is 17.6. The van der Waals surface area contributed by atoms with E-state index >= 15 is 0 Å². The predicted octanol–water partition coefficient (Wildman–Crippen LogP) is 2.55. The molecule has 0 amide bonds. The Hall–Kier alpha value is -2.49. The quantitative estimate of drug-likeness (QED) is 0.648. The fraction of sp³-hybridized carbons (Fsp3) is 0.421. The zero-order valence-electron chi connectivity index (χ0n) is 15.6. The largest absolute Gasteiger partial charge is 0.454 e. The molecule has 1 saturated heterocycles. The van der Waals surface area contributed by atoms with Crippen molar-refractivity contribution in [2.75, 3.05) is 33.0 Å². The van der Waals surface area contributed by atoms with Crippen molar-refractivity contribution in [2.24, 2.45) is 0 Å². The van der Waals surface area contributed by atoms with Crippen molar-refractivity contribution >= 4 is 11.3 Å². The Bertz CT molecular complexity index is 964. The minimum absolute atomic E-state index is 0.254. The number of fused-ring (bicyclic) bond motifs is 1. The van der Waals surface area contributed by atoms with Crippen molar-refractivity contribution in [3.63, 3.8) is 0 Å². The Kier molecular flexibility index (Phi) is 4.71. The first-order chi connectivity index (χ1) is 13.7. The molecule has 1 aromatic carbocycles. The number of hydrogen-bond acceptors (Lipinski definition) is 9. The number of piperazine rings is 1. The van der Waals surface area contributed by atoms with Crippen LogP contribution in [0.3, 0.4) is 0 Å². The zero-order chi connectivity index (χ0) is 18.9. The van der Waals surface area contributed by atoms with Crippen LogP contribution in [-0.2, 0) is 13.1 Å². The van der Waals surface area contributed by atoms with E-state index in [9.17, 15) is 0 Å². The first-order valence-corrected chi connectivity index (χ1v) is 10.2. The third-order valence-electron chi connectivity index (χ3n) is 4.97. The van der Waals surface area contributed by atoms with E-state index in [1.165, 1.54) is 5.69 Å².